The van der Waals surface area contributed by atoms with Crippen molar-refractivity contribution in [2.75, 3.05) is 57.0 Å². The standard InChI is InChI=1S/C20H26N4O3S/c1-22(2)28(26,27)19-10-8-17(9-11-19)21-20(25)16-23-12-14-24(15-13-23)18-6-4-3-5-7-18/h3-11H,12-16H2,1-2H3,(H,21,25)/p+1. The van der Waals surface area contributed by atoms with Crippen LogP contribution in [0.25, 0.3) is 0 Å². The summed E-state index contributed by atoms with van der Waals surface area (Å²) in [5.74, 6) is -0.0635. The lowest BCUT2D eigenvalue weighted by Gasteiger charge is -2.33. The summed E-state index contributed by atoms with van der Waals surface area (Å²) < 4.78 is 25.3. The Hall–Kier alpha value is -2.42. The van der Waals surface area contributed by atoms with E-state index in [9.17, 15) is 13.2 Å². The molecule has 0 aliphatic carbocycles. The number of amides is 1. The van der Waals surface area contributed by atoms with Crippen LogP contribution in [0.2, 0.25) is 0 Å². The zero-order valence-corrected chi connectivity index (χ0v) is 17.1. The van der Waals surface area contributed by atoms with Gasteiger partial charge in [0, 0.05) is 25.5 Å². The van der Waals surface area contributed by atoms with E-state index in [1.807, 2.05) is 18.2 Å². The minimum Gasteiger partial charge on any atom is -0.360 e. The molecule has 1 heterocycles. The molecule has 0 unspecified atom stereocenters. The Labute approximate surface area is 166 Å². The molecule has 0 saturated carbocycles. The van der Waals surface area contributed by atoms with E-state index in [0.29, 0.717) is 12.2 Å². The highest BCUT2D eigenvalue weighted by atomic mass is 32.2. The fourth-order valence-corrected chi connectivity index (χ4v) is 4.15. The number of anilines is 2. The van der Waals surface area contributed by atoms with Crippen LogP contribution in [0.1, 0.15) is 0 Å². The van der Waals surface area contributed by atoms with Gasteiger partial charge in [-0.2, -0.15) is 0 Å². The fraction of sp³-hybridized carbons (Fsp3) is 0.350. The summed E-state index contributed by atoms with van der Waals surface area (Å²) in [5, 5.41) is 2.86. The number of para-hydroxylation sites is 1. The number of rotatable bonds is 6. The van der Waals surface area contributed by atoms with Crippen LogP contribution >= 0.6 is 0 Å². The normalized spacial score (nSPS) is 15.6. The van der Waals surface area contributed by atoms with Gasteiger partial charge in [-0.25, -0.2) is 12.7 Å². The van der Waals surface area contributed by atoms with Gasteiger partial charge in [-0.3, -0.25) is 4.79 Å². The fourth-order valence-electron chi connectivity index (χ4n) is 3.25. The highest BCUT2D eigenvalue weighted by molar-refractivity contribution is 7.89. The molecule has 3 rings (SSSR count). The van der Waals surface area contributed by atoms with E-state index < -0.39 is 10.0 Å². The summed E-state index contributed by atoms with van der Waals surface area (Å²) in [5.41, 5.74) is 1.82. The molecule has 8 heteroatoms. The Morgan fingerprint density at radius 2 is 1.64 bits per heavy atom. The predicted molar refractivity (Wildman–Crippen MR) is 110 cm³/mol. The highest BCUT2D eigenvalue weighted by Crippen LogP contribution is 2.16. The van der Waals surface area contributed by atoms with E-state index in [-0.39, 0.29) is 10.8 Å². The van der Waals surface area contributed by atoms with E-state index in [2.05, 4.69) is 22.3 Å². The third kappa shape index (κ3) is 4.89. The summed E-state index contributed by atoms with van der Waals surface area (Å²) in [6.07, 6.45) is 0. The highest BCUT2D eigenvalue weighted by Gasteiger charge is 2.22. The van der Waals surface area contributed by atoms with Crippen molar-refractivity contribution in [2.45, 2.75) is 4.90 Å². The summed E-state index contributed by atoms with van der Waals surface area (Å²) in [6, 6.07) is 16.6. The molecule has 0 atom stereocenters. The predicted octanol–water partition coefficient (Wildman–Crippen LogP) is 0.281. The maximum absolute atomic E-state index is 12.4. The van der Waals surface area contributed by atoms with Crippen molar-refractivity contribution in [2.24, 2.45) is 0 Å². The second-order valence-corrected chi connectivity index (χ2v) is 9.26. The lowest BCUT2D eigenvalue weighted by atomic mass is 10.2. The molecule has 0 bridgehead atoms. The Morgan fingerprint density at radius 3 is 2.21 bits per heavy atom. The van der Waals surface area contributed by atoms with Gasteiger partial charge in [0.25, 0.3) is 5.91 Å². The van der Waals surface area contributed by atoms with Gasteiger partial charge >= 0.3 is 0 Å². The van der Waals surface area contributed by atoms with Crippen molar-refractivity contribution in [3.05, 3.63) is 54.6 Å². The molecule has 28 heavy (non-hydrogen) atoms. The molecule has 2 aromatic carbocycles. The molecule has 1 aliphatic heterocycles. The number of nitrogens with one attached hydrogen (secondary N) is 2. The smallest absolute Gasteiger partial charge is 0.279 e. The number of piperazine rings is 1. The van der Waals surface area contributed by atoms with Gasteiger partial charge in [0.15, 0.2) is 6.54 Å². The summed E-state index contributed by atoms with van der Waals surface area (Å²) in [6.45, 7) is 4.05. The number of hydrogen-bond acceptors (Lipinski definition) is 4. The average Bonchev–Trinajstić information content (AvgIpc) is 2.69. The molecule has 0 radical (unpaired) electrons. The second-order valence-electron chi connectivity index (χ2n) is 7.11. The van der Waals surface area contributed by atoms with Crippen LogP contribution in [0.4, 0.5) is 11.4 Å². The summed E-state index contributed by atoms with van der Waals surface area (Å²) in [7, 11) is -0.478. The monoisotopic (exact) mass is 403 g/mol. The van der Waals surface area contributed by atoms with Crippen LogP contribution in [0.3, 0.4) is 0 Å². The van der Waals surface area contributed by atoms with Crippen molar-refractivity contribution < 1.29 is 18.1 Å². The first kappa shape index (κ1) is 20.3. The Balaban J connectivity index is 1.50. The zero-order valence-electron chi connectivity index (χ0n) is 16.3. The first-order chi connectivity index (χ1) is 13.4. The van der Waals surface area contributed by atoms with E-state index in [4.69, 9.17) is 0 Å². The van der Waals surface area contributed by atoms with Gasteiger partial charge in [0.2, 0.25) is 10.0 Å². The molecule has 2 N–H and O–H groups in total. The Morgan fingerprint density at radius 1 is 1.04 bits per heavy atom. The second kappa shape index (κ2) is 8.72. The Bertz CT molecular complexity index is 891. The number of sulfonamides is 1. The number of carbonyl (C=O) groups is 1. The minimum absolute atomic E-state index is 0.0635. The number of carbonyl (C=O) groups excluding carboxylic acids is 1. The lowest BCUT2D eigenvalue weighted by Crippen LogP contribution is -3.15. The SMILES string of the molecule is CN(C)S(=O)(=O)c1ccc(NC(=O)C[NH+]2CCN(c3ccccc3)CC2)cc1. The molecule has 150 valence electrons. The van der Waals surface area contributed by atoms with Gasteiger partial charge in [-0.15, -0.1) is 0 Å². The number of nitrogens with zero attached hydrogens (tertiary/aromatic N) is 2. The molecule has 1 amide bonds. The lowest BCUT2D eigenvalue weighted by molar-refractivity contribution is -0.892. The van der Waals surface area contributed by atoms with E-state index in [0.717, 1.165) is 26.2 Å². The molecule has 2 aromatic rings. The molecule has 0 spiro atoms. The van der Waals surface area contributed by atoms with Gasteiger partial charge in [0.1, 0.15) is 0 Å². The molecule has 0 aromatic heterocycles. The molecule has 7 nitrogen and oxygen atoms in total. The minimum atomic E-state index is -3.46. The third-order valence-corrected chi connectivity index (χ3v) is 6.75. The maximum Gasteiger partial charge on any atom is 0.279 e. The average molecular weight is 404 g/mol. The molecular formula is C20H27N4O3S+. The molecule has 1 saturated heterocycles. The number of benzene rings is 2. The Kier molecular flexibility index (Phi) is 6.33. The van der Waals surface area contributed by atoms with Crippen LogP contribution in [0, 0.1) is 0 Å². The third-order valence-electron chi connectivity index (χ3n) is 4.92. The zero-order chi connectivity index (χ0) is 20.1. The summed E-state index contributed by atoms with van der Waals surface area (Å²) in [4.78, 5) is 16.1. The first-order valence-electron chi connectivity index (χ1n) is 9.32. The van der Waals surface area contributed by atoms with E-state index in [1.54, 1.807) is 12.1 Å². The quantitative estimate of drug-likeness (QED) is 0.727. The number of quaternary nitrogens is 1. The van der Waals surface area contributed by atoms with Crippen LogP contribution in [0.15, 0.2) is 59.5 Å². The van der Waals surface area contributed by atoms with E-state index in [1.165, 1.54) is 41.1 Å². The van der Waals surface area contributed by atoms with Crippen molar-refractivity contribution >= 4 is 27.3 Å². The number of hydrogen-bond donors (Lipinski definition) is 2. The van der Waals surface area contributed by atoms with Crippen LogP contribution < -0.4 is 15.1 Å². The topological polar surface area (TPSA) is 74.2 Å². The van der Waals surface area contributed by atoms with Crippen molar-refractivity contribution in [3.63, 3.8) is 0 Å². The molecular weight excluding hydrogens is 376 g/mol. The van der Waals surface area contributed by atoms with Gasteiger partial charge in [0.05, 0.1) is 31.1 Å². The van der Waals surface area contributed by atoms with Crippen molar-refractivity contribution in [1.29, 1.82) is 0 Å². The summed E-state index contributed by atoms with van der Waals surface area (Å²) >= 11 is 0. The van der Waals surface area contributed by atoms with Gasteiger partial charge in [-0.05, 0) is 36.4 Å². The largest absolute Gasteiger partial charge is 0.360 e. The van der Waals surface area contributed by atoms with Gasteiger partial charge < -0.3 is 15.1 Å². The van der Waals surface area contributed by atoms with Crippen LogP contribution in [-0.4, -0.2) is 65.4 Å². The van der Waals surface area contributed by atoms with Crippen molar-refractivity contribution in [3.8, 4) is 0 Å². The molecule has 1 fully saturated rings. The van der Waals surface area contributed by atoms with E-state index >= 15 is 0 Å². The van der Waals surface area contributed by atoms with Crippen molar-refractivity contribution in [1.82, 2.24) is 4.31 Å². The van der Waals surface area contributed by atoms with Crippen LogP contribution in [-0.2, 0) is 14.8 Å². The van der Waals surface area contributed by atoms with Crippen LogP contribution in [0.5, 0.6) is 0 Å². The first-order valence-corrected chi connectivity index (χ1v) is 10.8. The molecule has 1 aliphatic rings. The van der Waals surface area contributed by atoms with Gasteiger partial charge in [-0.1, -0.05) is 18.2 Å². The maximum atomic E-state index is 12.4.